The molecule has 3 aromatic rings. The van der Waals surface area contributed by atoms with Crippen LogP contribution in [-0.2, 0) is 0 Å². The highest BCUT2D eigenvalue weighted by Crippen LogP contribution is 2.23. The lowest BCUT2D eigenvalue weighted by Gasteiger charge is -1.96. The molecule has 18 heavy (non-hydrogen) atoms. The smallest absolute Gasteiger partial charge is 0.315 e. The average molecular weight is 243 g/mol. The van der Waals surface area contributed by atoms with Crippen molar-refractivity contribution in [3.05, 3.63) is 24.4 Å². The Balaban J connectivity index is 1.90. The number of aromatic amines is 1. The van der Waals surface area contributed by atoms with Gasteiger partial charge >= 0.3 is 6.01 Å². The largest absolute Gasteiger partial charge is 0.403 e. The summed E-state index contributed by atoms with van der Waals surface area (Å²) in [6.45, 7) is 2.90. The molecule has 0 atom stereocenters. The molecule has 0 saturated carbocycles. The molecule has 0 saturated heterocycles. The first-order chi connectivity index (χ1) is 8.86. The van der Waals surface area contributed by atoms with E-state index in [1.807, 2.05) is 18.2 Å². The molecule has 0 amide bonds. The maximum Gasteiger partial charge on any atom is 0.315 e. The lowest BCUT2D eigenvalue weighted by molar-refractivity contribution is 0.580. The molecule has 6 heteroatoms. The number of hydrogen-bond acceptors (Lipinski definition) is 5. The summed E-state index contributed by atoms with van der Waals surface area (Å²) in [6, 6.07) is 6.30. The normalized spacial score (nSPS) is 10.9. The van der Waals surface area contributed by atoms with Gasteiger partial charge in [0.25, 0.3) is 0 Å². The number of nitrogens with zero attached hydrogens (tertiary/aromatic N) is 3. The minimum atomic E-state index is 0.458. The van der Waals surface area contributed by atoms with Crippen molar-refractivity contribution in [2.75, 3.05) is 11.9 Å². The predicted octanol–water partition coefficient (Wildman–Crippen LogP) is 2.43. The molecular formula is C12H13N5O. The van der Waals surface area contributed by atoms with Crippen LogP contribution in [0.5, 0.6) is 0 Å². The number of aromatic nitrogens is 4. The minimum absolute atomic E-state index is 0.458. The topological polar surface area (TPSA) is 79.6 Å². The molecule has 0 radical (unpaired) electrons. The van der Waals surface area contributed by atoms with Crippen molar-refractivity contribution in [1.29, 1.82) is 0 Å². The van der Waals surface area contributed by atoms with Gasteiger partial charge in [0, 0.05) is 17.5 Å². The second kappa shape index (κ2) is 4.48. The van der Waals surface area contributed by atoms with Gasteiger partial charge in [0.05, 0.1) is 11.7 Å². The van der Waals surface area contributed by atoms with Crippen molar-refractivity contribution in [2.24, 2.45) is 0 Å². The summed E-state index contributed by atoms with van der Waals surface area (Å²) in [5.74, 6) is 0.511. The van der Waals surface area contributed by atoms with Crippen molar-refractivity contribution in [3.63, 3.8) is 0 Å². The molecule has 6 nitrogen and oxygen atoms in total. The van der Waals surface area contributed by atoms with Crippen molar-refractivity contribution in [3.8, 4) is 11.5 Å². The average Bonchev–Trinajstić information content (AvgIpc) is 3.04. The molecule has 0 aliphatic heterocycles. The van der Waals surface area contributed by atoms with E-state index in [4.69, 9.17) is 4.42 Å². The van der Waals surface area contributed by atoms with Crippen molar-refractivity contribution in [1.82, 2.24) is 20.4 Å². The number of H-pyrrole nitrogens is 1. The Morgan fingerprint density at radius 1 is 1.33 bits per heavy atom. The lowest BCUT2D eigenvalue weighted by Crippen LogP contribution is -1.99. The summed E-state index contributed by atoms with van der Waals surface area (Å²) in [7, 11) is 0. The van der Waals surface area contributed by atoms with Gasteiger partial charge in [-0.25, -0.2) is 0 Å². The summed E-state index contributed by atoms with van der Waals surface area (Å²) in [5, 5.41) is 18.9. The lowest BCUT2D eigenvalue weighted by atomic mass is 10.1. The fourth-order valence-corrected chi connectivity index (χ4v) is 1.72. The second-order valence-electron chi connectivity index (χ2n) is 4.01. The highest BCUT2D eigenvalue weighted by molar-refractivity contribution is 5.82. The Labute approximate surface area is 103 Å². The summed E-state index contributed by atoms with van der Waals surface area (Å²) in [4.78, 5) is 0. The molecular weight excluding hydrogens is 230 g/mol. The highest BCUT2D eigenvalue weighted by Gasteiger charge is 2.08. The standard InChI is InChI=1S/C12H13N5O/c1-2-5-13-12-17-16-11(18-12)8-3-4-10-9(6-8)7-14-15-10/h3-4,6-7H,2,5H2,1H3,(H,13,17)(H,14,15). The van der Waals surface area contributed by atoms with Gasteiger partial charge in [-0.05, 0) is 24.6 Å². The molecule has 0 aliphatic carbocycles. The second-order valence-corrected chi connectivity index (χ2v) is 4.01. The van der Waals surface area contributed by atoms with Crippen molar-refractivity contribution >= 4 is 16.9 Å². The fraction of sp³-hybridized carbons (Fsp3) is 0.250. The van der Waals surface area contributed by atoms with Crippen LogP contribution in [0, 0.1) is 0 Å². The van der Waals surface area contributed by atoms with Crippen LogP contribution in [0.3, 0.4) is 0 Å². The van der Waals surface area contributed by atoms with Crippen LogP contribution in [0.25, 0.3) is 22.4 Å². The van der Waals surface area contributed by atoms with Crippen LogP contribution in [-0.4, -0.2) is 26.9 Å². The van der Waals surface area contributed by atoms with E-state index >= 15 is 0 Å². The molecule has 1 aromatic carbocycles. The Hall–Kier alpha value is -2.37. The van der Waals surface area contributed by atoms with Gasteiger partial charge < -0.3 is 9.73 Å². The molecule has 2 N–H and O–H groups in total. The van der Waals surface area contributed by atoms with E-state index in [0.717, 1.165) is 29.4 Å². The first-order valence-corrected chi connectivity index (χ1v) is 5.87. The molecule has 0 bridgehead atoms. The molecule has 92 valence electrons. The van der Waals surface area contributed by atoms with Gasteiger partial charge in [-0.2, -0.15) is 5.10 Å². The molecule has 0 spiro atoms. The maximum atomic E-state index is 5.53. The Morgan fingerprint density at radius 2 is 2.28 bits per heavy atom. The minimum Gasteiger partial charge on any atom is -0.403 e. The van der Waals surface area contributed by atoms with Crippen LogP contribution in [0.4, 0.5) is 6.01 Å². The van der Waals surface area contributed by atoms with Gasteiger partial charge in [0.2, 0.25) is 5.89 Å². The number of nitrogens with one attached hydrogen (secondary N) is 2. The first kappa shape index (κ1) is 10.8. The van der Waals surface area contributed by atoms with E-state index in [1.54, 1.807) is 6.20 Å². The number of anilines is 1. The van der Waals surface area contributed by atoms with Crippen LogP contribution in [0.1, 0.15) is 13.3 Å². The van der Waals surface area contributed by atoms with E-state index in [2.05, 4.69) is 32.6 Å². The summed E-state index contributed by atoms with van der Waals surface area (Å²) >= 11 is 0. The molecule has 0 fully saturated rings. The number of rotatable bonds is 4. The first-order valence-electron chi connectivity index (χ1n) is 5.87. The SMILES string of the molecule is CCCNc1nnc(-c2ccc3[nH]ncc3c2)o1. The zero-order valence-electron chi connectivity index (χ0n) is 9.97. The van der Waals surface area contributed by atoms with E-state index in [-0.39, 0.29) is 0 Å². The van der Waals surface area contributed by atoms with E-state index in [1.165, 1.54) is 0 Å². The zero-order chi connectivity index (χ0) is 12.4. The molecule has 2 aromatic heterocycles. The quantitative estimate of drug-likeness (QED) is 0.735. The van der Waals surface area contributed by atoms with Gasteiger partial charge in [-0.3, -0.25) is 5.10 Å². The predicted molar refractivity (Wildman–Crippen MR) is 68.2 cm³/mol. The highest BCUT2D eigenvalue weighted by atomic mass is 16.4. The maximum absolute atomic E-state index is 5.53. The molecule has 0 aliphatic rings. The van der Waals surface area contributed by atoms with Gasteiger partial charge in [-0.1, -0.05) is 12.0 Å². The number of hydrogen-bond donors (Lipinski definition) is 2. The van der Waals surface area contributed by atoms with Gasteiger partial charge in [0.1, 0.15) is 0 Å². The molecule has 0 unspecified atom stereocenters. The van der Waals surface area contributed by atoms with E-state index in [9.17, 15) is 0 Å². The van der Waals surface area contributed by atoms with Crippen molar-refractivity contribution < 1.29 is 4.42 Å². The monoisotopic (exact) mass is 243 g/mol. The fourth-order valence-electron chi connectivity index (χ4n) is 1.72. The number of benzene rings is 1. The summed E-state index contributed by atoms with van der Waals surface area (Å²) in [6.07, 6.45) is 2.78. The Kier molecular flexibility index (Phi) is 2.68. The zero-order valence-corrected chi connectivity index (χ0v) is 9.97. The van der Waals surface area contributed by atoms with Crippen LogP contribution in [0.15, 0.2) is 28.8 Å². The van der Waals surface area contributed by atoms with Crippen LogP contribution >= 0.6 is 0 Å². The van der Waals surface area contributed by atoms with Crippen LogP contribution < -0.4 is 5.32 Å². The summed E-state index contributed by atoms with van der Waals surface area (Å²) < 4.78 is 5.53. The third-order valence-corrected chi connectivity index (χ3v) is 2.64. The third-order valence-electron chi connectivity index (χ3n) is 2.64. The molecule has 3 rings (SSSR count). The summed E-state index contributed by atoms with van der Waals surface area (Å²) in [5.41, 5.74) is 1.88. The van der Waals surface area contributed by atoms with E-state index < -0.39 is 0 Å². The van der Waals surface area contributed by atoms with Crippen molar-refractivity contribution in [2.45, 2.75) is 13.3 Å². The van der Waals surface area contributed by atoms with E-state index in [0.29, 0.717) is 11.9 Å². The Morgan fingerprint density at radius 3 is 3.17 bits per heavy atom. The number of fused-ring (bicyclic) bond motifs is 1. The molecule has 2 heterocycles. The third kappa shape index (κ3) is 1.92. The Bertz CT molecular complexity index is 657. The van der Waals surface area contributed by atoms with Gasteiger partial charge in [0.15, 0.2) is 0 Å². The van der Waals surface area contributed by atoms with Gasteiger partial charge in [-0.15, -0.1) is 5.10 Å². The van der Waals surface area contributed by atoms with Crippen LogP contribution in [0.2, 0.25) is 0 Å².